The Balaban J connectivity index is 1.82. The summed E-state index contributed by atoms with van der Waals surface area (Å²) in [6, 6.07) is 9.65. The maximum absolute atomic E-state index is 11.9. The third-order valence-corrected chi connectivity index (χ3v) is 3.51. The van der Waals surface area contributed by atoms with E-state index in [1.807, 2.05) is 37.3 Å². The van der Waals surface area contributed by atoms with Crippen molar-refractivity contribution in [3.8, 4) is 0 Å². The van der Waals surface area contributed by atoms with Crippen molar-refractivity contribution in [1.82, 2.24) is 5.32 Å². The average molecular weight is 274 g/mol. The number of nitrogens with one attached hydrogen (secondary N) is 1. The molecular weight excluding hydrogens is 252 g/mol. The molecule has 20 heavy (non-hydrogen) atoms. The Hall–Kier alpha value is -1.84. The molecule has 1 aliphatic rings. The highest BCUT2D eigenvalue weighted by atomic mass is 16.5. The van der Waals surface area contributed by atoms with E-state index in [9.17, 15) is 4.79 Å². The molecule has 1 saturated carbocycles. The number of nitrogens with zero attached hydrogens (tertiary/aromatic N) is 1. The van der Waals surface area contributed by atoms with Gasteiger partial charge in [-0.05, 0) is 31.5 Å². The lowest BCUT2D eigenvalue weighted by atomic mass is 9.95. The molecule has 0 radical (unpaired) electrons. The van der Waals surface area contributed by atoms with Crippen LogP contribution in [-0.2, 0) is 11.3 Å². The van der Waals surface area contributed by atoms with E-state index in [1.165, 1.54) is 12.8 Å². The summed E-state index contributed by atoms with van der Waals surface area (Å²) in [4.78, 5) is 15.9. The fraction of sp³-hybridized carbons (Fsp3) is 0.500. The minimum absolute atomic E-state index is 0.285. The number of carbonyl (C=O) groups excluding carboxylic acids is 1. The smallest absolute Gasteiger partial charge is 0.407 e. The molecule has 0 aliphatic heterocycles. The minimum atomic E-state index is -0.388. The number of amides is 1. The molecular formula is C16H22N2O2. The maximum Gasteiger partial charge on any atom is 0.407 e. The molecule has 1 aliphatic carbocycles. The SMILES string of the molecule is C=NCC(C)(CC1CC1)NC(=O)OCc1ccccc1. The first-order valence-corrected chi connectivity index (χ1v) is 7.03. The summed E-state index contributed by atoms with van der Waals surface area (Å²) in [6.07, 6.45) is 3.04. The summed E-state index contributed by atoms with van der Waals surface area (Å²) in [5.41, 5.74) is 0.629. The normalized spacial score (nSPS) is 17.1. The molecule has 1 unspecified atom stereocenters. The number of ether oxygens (including phenoxy) is 1. The number of hydrogen-bond donors (Lipinski definition) is 1. The van der Waals surface area contributed by atoms with Crippen molar-refractivity contribution < 1.29 is 9.53 Å². The molecule has 108 valence electrons. The fourth-order valence-corrected chi connectivity index (χ4v) is 2.37. The average Bonchev–Trinajstić information content (AvgIpc) is 3.21. The van der Waals surface area contributed by atoms with Crippen LogP contribution in [0.25, 0.3) is 0 Å². The van der Waals surface area contributed by atoms with Gasteiger partial charge < -0.3 is 10.1 Å². The Bertz CT molecular complexity index is 457. The molecule has 1 aromatic rings. The van der Waals surface area contributed by atoms with Crippen LogP contribution in [0.2, 0.25) is 0 Å². The highest BCUT2D eigenvalue weighted by molar-refractivity contribution is 5.68. The topological polar surface area (TPSA) is 50.7 Å². The quantitative estimate of drug-likeness (QED) is 0.776. The van der Waals surface area contributed by atoms with Crippen LogP contribution < -0.4 is 5.32 Å². The summed E-state index contributed by atoms with van der Waals surface area (Å²) in [5, 5.41) is 2.94. The van der Waals surface area contributed by atoms with Gasteiger partial charge in [-0.15, -0.1) is 0 Å². The van der Waals surface area contributed by atoms with Gasteiger partial charge in [0.15, 0.2) is 0 Å². The lowest BCUT2D eigenvalue weighted by Crippen LogP contribution is -2.49. The zero-order chi connectivity index (χ0) is 14.4. The molecule has 1 aromatic carbocycles. The van der Waals surface area contributed by atoms with Gasteiger partial charge in [0.05, 0.1) is 12.1 Å². The van der Waals surface area contributed by atoms with Gasteiger partial charge in [-0.2, -0.15) is 0 Å². The first-order chi connectivity index (χ1) is 9.61. The van der Waals surface area contributed by atoms with Crippen LogP contribution in [0.3, 0.4) is 0 Å². The standard InChI is InChI=1S/C16H22N2O2/c1-16(12-17-2,10-13-8-9-13)18-15(19)20-11-14-6-4-3-5-7-14/h3-7,13H,2,8-12H2,1H3,(H,18,19). The van der Waals surface area contributed by atoms with Crippen molar-refractivity contribution >= 4 is 12.8 Å². The summed E-state index contributed by atoms with van der Waals surface area (Å²) in [5.74, 6) is 0.705. The number of aliphatic imine (C=N–C) groups is 1. The van der Waals surface area contributed by atoms with Crippen LogP contribution in [0.4, 0.5) is 4.79 Å². The van der Waals surface area contributed by atoms with Crippen LogP contribution in [0.1, 0.15) is 31.7 Å². The summed E-state index contributed by atoms with van der Waals surface area (Å²) >= 11 is 0. The molecule has 1 amide bonds. The van der Waals surface area contributed by atoms with E-state index >= 15 is 0 Å². The molecule has 2 rings (SSSR count). The summed E-state index contributed by atoms with van der Waals surface area (Å²) in [7, 11) is 0. The Morgan fingerprint density at radius 1 is 1.45 bits per heavy atom. The van der Waals surface area contributed by atoms with Gasteiger partial charge in [0.25, 0.3) is 0 Å². The third kappa shape index (κ3) is 4.68. The fourth-order valence-electron chi connectivity index (χ4n) is 2.37. The van der Waals surface area contributed by atoms with E-state index in [-0.39, 0.29) is 18.2 Å². The van der Waals surface area contributed by atoms with Crippen LogP contribution in [0.15, 0.2) is 35.3 Å². The predicted octanol–water partition coefficient (Wildman–Crippen LogP) is 3.17. The molecule has 1 N–H and O–H groups in total. The molecule has 0 spiro atoms. The molecule has 0 bridgehead atoms. The van der Waals surface area contributed by atoms with Crippen molar-refractivity contribution in [2.75, 3.05) is 6.54 Å². The van der Waals surface area contributed by atoms with Crippen molar-refractivity contribution in [2.45, 2.75) is 38.3 Å². The third-order valence-electron chi connectivity index (χ3n) is 3.51. The summed E-state index contributed by atoms with van der Waals surface area (Å²) in [6.45, 7) is 6.34. The second-order valence-electron chi connectivity index (χ2n) is 5.78. The van der Waals surface area contributed by atoms with Gasteiger partial charge in [-0.25, -0.2) is 4.79 Å². The highest BCUT2D eigenvalue weighted by Crippen LogP contribution is 2.36. The maximum atomic E-state index is 11.9. The monoisotopic (exact) mass is 274 g/mol. The van der Waals surface area contributed by atoms with Crippen LogP contribution in [-0.4, -0.2) is 24.9 Å². The molecule has 1 atom stereocenters. The van der Waals surface area contributed by atoms with Crippen LogP contribution in [0.5, 0.6) is 0 Å². The lowest BCUT2D eigenvalue weighted by Gasteiger charge is -2.28. The Kier molecular flexibility index (Phi) is 4.77. The van der Waals surface area contributed by atoms with E-state index in [1.54, 1.807) is 0 Å². The van der Waals surface area contributed by atoms with Gasteiger partial charge in [-0.3, -0.25) is 4.99 Å². The molecule has 1 fully saturated rings. The highest BCUT2D eigenvalue weighted by Gasteiger charge is 2.34. The number of rotatable bonds is 7. The van der Waals surface area contributed by atoms with Gasteiger partial charge in [-0.1, -0.05) is 43.2 Å². The molecule has 0 saturated heterocycles. The molecule has 4 heteroatoms. The zero-order valence-electron chi connectivity index (χ0n) is 12.0. The molecule has 0 aromatic heterocycles. The summed E-state index contributed by atoms with van der Waals surface area (Å²) < 4.78 is 5.26. The van der Waals surface area contributed by atoms with Crippen molar-refractivity contribution in [2.24, 2.45) is 10.9 Å². The molecule has 0 heterocycles. The van der Waals surface area contributed by atoms with Gasteiger partial charge in [0, 0.05) is 0 Å². The number of benzene rings is 1. The van der Waals surface area contributed by atoms with Gasteiger partial charge in [0.2, 0.25) is 0 Å². The van der Waals surface area contributed by atoms with Gasteiger partial charge >= 0.3 is 6.09 Å². The number of alkyl carbamates (subject to hydrolysis) is 1. The Morgan fingerprint density at radius 2 is 2.15 bits per heavy atom. The lowest BCUT2D eigenvalue weighted by molar-refractivity contribution is 0.126. The van der Waals surface area contributed by atoms with Gasteiger partial charge in [0.1, 0.15) is 6.61 Å². The van der Waals surface area contributed by atoms with E-state index in [4.69, 9.17) is 4.74 Å². The van der Waals surface area contributed by atoms with E-state index in [0.29, 0.717) is 12.5 Å². The van der Waals surface area contributed by atoms with Crippen molar-refractivity contribution in [3.63, 3.8) is 0 Å². The first kappa shape index (κ1) is 14.6. The first-order valence-electron chi connectivity index (χ1n) is 7.03. The predicted molar refractivity (Wildman–Crippen MR) is 79.9 cm³/mol. The van der Waals surface area contributed by atoms with E-state index in [2.05, 4.69) is 17.0 Å². The number of hydrogen-bond acceptors (Lipinski definition) is 3. The van der Waals surface area contributed by atoms with Crippen molar-refractivity contribution in [3.05, 3.63) is 35.9 Å². The minimum Gasteiger partial charge on any atom is -0.445 e. The second-order valence-corrected chi connectivity index (χ2v) is 5.78. The molecule has 4 nitrogen and oxygen atoms in total. The van der Waals surface area contributed by atoms with E-state index in [0.717, 1.165) is 12.0 Å². The zero-order valence-corrected chi connectivity index (χ0v) is 12.0. The van der Waals surface area contributed by atoms with Crippen LogP contribution >= 0.6 is 0 Å². The van der Waals surface area contributed by atoms with Crippen LogP contribution in [0, 0.1) is 5.92 Å². The largest absolute Gasteiger partial charge is 0.445 e. The van der Waals surface area contributed by atoms with Crippen molar-refractivity contribution in [1.29, 1.82) is 0 Å². The van der Waals surface area contributed by atoms with E-state index < -0.39 is 0 Å². The Morgan fingerprint density at radius 3 is 2.75 bits per heavy atom. The second kappa shape index (κ2) is 6.55. The number of carbonyl (C=O) groups is 1. The Labute approximate surface area is 120 Å².